The third kappa shape index (κ3) is 2.24. The molecule has 1 atom stereocenters. The van der Waals surface area contributed by atoms with Crippen molar-refractivity contribution < 1.29 is 4.79 Å². The minimum atomic E-state index is -0.518. The molecule has 7 rings (SSSR count). The van der Waals surface area contributed by atoms with Crippen LogP contribution in [0, 0.1) is 5.92 Å². The van der Waals surface area contributed by atoms with Crippen molar-refractivity contribution in [3.05, 3.63) is 82.9 Å². The average molecular weight is 382 g/mol. The zero-order valence-electron chi connectivity index (χ0n) is 16.3. The maximum Gasteiger partial charge on any atom is 0.269 e. The van der Waals surface area contributed by atoms with Crippen molar-refractivity contribution in [2.24, 2.45) is 16.6 Å². The summed E-state index contributed by atoms with van der Waals surface area (Å²) in [5.41, 5.74) is 12.6. The average Bonchev–Trinajstić information content (AvgIpc) is 3.05. The van der Waals surface area contributed by atoms with E-state index in [1.54, 1.807) is 6.33 Å². The highest BCUT2D eigenvalue weighted by Crippen LogP contribution is 2.65. The van der Waals surface area contributed by atoms with Crippen LogP contribution >= 0.6 is 0 Å². The molecule has 0 unspecified atom stereocenters. The number of benzene rings is 2. The smallest absolute Gasteiger partial charge is 0.269 e. The third-order valence-electron chi connectivity index (χ3n) is 6.97. The van der Waals surface area contributed by atoms with Gasteiger partial charge in [0.15, 0.2) is 5.69 Å². The van der Waals surface area contributed by atoms with Gasteiger partial charge in [-0.2, -0.15) is 0 Å². The summed E-state index contributed by atoms with van der Waals surface area (Å²) in [6, 6.07) is 16.8. The number of hydrogen-bond acceptors (Lipinski definition) is 3. The number of amides is 1. The van der Waals surface area contributed by atoms with Crippen molar-refractivity contribution in [2.75, 3.05) is 0 Å². The first-order valence-electron chi connectivity index (χ1n) is 10.2. The molecule has 2 bridgehead atoms. The highest BCUT2D eigenvalue weighted by molar-refractivity contribution is 6.15. The summed E-state index contributed by atoms with van der Waals surface area (Å²) in [5, 5.41) is 0. The van der Waals surface area contributed by atoms with Crippen LogP contribution < -0.4 is 5.73 Å². The second kappa shape index (κ2) is 5.66. The fourth-order valence-electron chi connectivity index (χ4n) is 5.39. The lowest BCUT2D eigenvalue weighted by atomic mass is 9.42. The summed E-state index contributed by atoms with van der Waals surface area (Å²) in [6.45, 7) is 2.00. The topological polar surface area (TPSA) is 73.3 Å². The summed E-state index contributed by atoms with van der Waals surface area (Å²) < 4.78 is 1.99. The van der Waals surface area contributed by atoms with E-state index in [1.807, 2.05) is 29.7 Å². The molecule has 0 saturated heterocycles. The normalized spacial score (nSPS) is 26.3. The van der Waals surface area contributed by atoms with Crippen LogP contribution in [0.3, 0.4) is 0 Å². The van der Waals surface area contributed by atoms with Crippen LogP contribution in [0.15, 0.2) is 59.9 Å². The maximum atomic E-state index is 12.0. The molecule has 1 aliphatic heterocycles. The largest absolute Gasteiger partial charge is 0.364 e. The van der Waals surface area contributed by atoms with Crippen LogP contribution in [0.4, 0.5) is 0 Å². The first kappa shape index (κ1) is 16.7. The van der Waals surface area contributed by atoms with Gasteiger partial charge in [0, 0.05) is 11.1 Å². The monoisotopic (exact) mass is 382 g/mol. The third-order valence-corrected chi connectivity index (χ3v) is 6.97. The Kier molecular flexibility index (Phi) is 3.26. The molecule has 5 nitrogen and oxygen atoms in total. The van der Waals surface area contributed by atoms with Crippen molar-refractivity contribution >= 4 is 11.6 Å². The summed E-state index contributed by atoms with van der Waals surface area (Å²) in [6.07, 6.45) is 5.63. The van der Waals surface area contributed by atoms with E-state index >= 15 is 0 Å². The molecule has 2 heterocycles. The lowest BCUT2D eigenvalue weighted by Gasteiger charge is -2.62. The van der Waals surface area contributed by atoms with Crippen molar-refractivity contribution in [1.29, 1.82) is 0 Å². The van der Waals surface area contributed by atoms with E-state index in [0.717, 1.165) is 34.1 Å². The highest BCUT2D eigenvalue weighted by atomic mass is 16.1. The standard InChI is InChI=1S/C24H22N4O/c1-14-22-21(23(25)29)26-13-28(22)19-8-7-17(24-10-15(11-24)12-24)9-18(19)20(27-14)16-5-3-2-4-6-16/h2-9,13-15H,10-12H2,1H3,(H2,25,29)/t14-,15?,24?/m0/s1. The molecule has 3 fully saturated rings. The minimum absolute atomic E-state index is 0.235. The zero-order valence-corrected chi connectivity index (χ0v) is 16.3. The molecule has 3 aromatic rings. The van der Waals surface area contributed by atoms with Crippen LogP contribution in [0.5, 0.6) is 0 Å². The lowest BCUT2D eigenvalue weighted by Crippen LogP contribution is -2.55. The predicted molar refractivity (Wildman–Crippen MR) is 112 cm³/mol. The Balaban J connectivity index is 1.61. The van der Waals surface area contributed by atoms with E-state index in [9.17, 15) is 4.79 Å². The van der Waals surface area contributed by atoms with Gasteiger partial charge in [-0.15, -0.1) is 0 Å². The van der Waals surface area contributed by atoms with Crippen molar-refractivity contribution in [2.45, 2.75) is 37.6 Å². The van der Waals surface area contributed by atoms with Gasteiger partial charge in [-0.05, 0) is 55.2 Å². The Morgan fingerprint density at radius 3 is 2.55 bits per heavy atom. The van der Waals surface area contributed by atoms with E-state index in [0.29, 0.717) is 11.1 Å². The van der Waals surface area contributed by atoms with E-state index in [2.05, 4.69) is 35.3 Å². The number of carbonyl (C=O) groups excluding carboxylic acids is 1. The van der Waals surface area contributed by atoms with Crippen LogP contribution in [0.2, 0.25) is 0 Å². The predicted octanol–water partition coefficient (Wildman–Crippen LogP) is 3.93. The molecular weight excluding hydrogens is 360 g/mol. The summed E-state index contributed by atoms with van der Waals surface area (Å²) in [5.74, 6) is 0.408. The Labute approximate surface area is 169 Å². The SMILES string of the molecule is C[C@@H]1N=C(c2ccccc2)c2cc(C34CC(C3)C4)ccc2-n2cnc(C(N)=O)c21. The van der Waals surface area contributed by atoms with Gasteiger partial charge in [0.1, 0.15) is 6.33 Å². The highest BCUT2D eigenvalue weighted by Gasteiger charge is 2.57. The quantitative estimate of drug-likeness (QED) is 0.745. The Hall–Kier alpha value is -3.21. The first-order chi connectivity index (χ1) is 14.1. The number of aromatic nitrogens is 2. The molecule has 1 aromatic heterocycles. The fourth-order valence-corrected chi connectivity index (χ4v) is 5.39. The second-order valence-electron chi connectivity index (χ2n) is 8.72. The van der Waals surface area contributed by atoms with Gasteiger partial charge in [0.2, 0.25) is 0 Å². The van der Waals surface area contributed by atoms with Gasteiger partial charge in [0.05, 0.1) is 23.1 Å². The summed E-state index contributed by atoms with van der Waals surface area (Å²) in [4.78, 5) is 21.4. The van der Waals surface area contributed by atoms with Gasteiger partial charge in [-0.1, -0.05) is 36.4 Å². The van der Waals surface area contributed by atoms with Crippen LogP contribution in [0.25, 0.3) is 5.69 Å². The van der Waals surface area contributed by atoms with Crippen molar-refractivity contribution in [3.8, 4) is 5.69 Å². The maximum absolute atomic E-state index is 12.0. The molecule has 4 aliphatic rings. The number of nitrogens with zero attached hydrogens (tertiary/aromatic N) is 3. The Morgan fingerprint density at radius 2 is 1.90 bits per heavy atom. The molecule has 1 amide bonds. The molecule has 0 spiro atoms. The van der Waals surface area contributed by atoms with Gasteiger partial charge in [-0.3, -0.25) is 14.4 Å². The van der Waals surface area contributed by atoms with E-state index in [1.165, 1.54) is 24.8 Å². The number of nitrogens with two attached hydrogens (primary N) is 1. The van der Waals surface area contributed by atoms with E-state index in [4.69, 9.17) is 10.7 Å². The molecule has 29 heavy (non-hydrogen) atoms. The number of hydrogen-bond donors (Lipinski definition) is 1. The van der Waals surface area contributed by atoms with Crippen LogP contribution in [-0.2, 0) is 5.41 Å². The van der Waals surface area contributed by atoms with E-state index < -0.39 is 5.91 Å². The molecule has 3 aliphatic carbocycles. The number of imidazole rings is 1. The second-order valence-corrected chi connectivity index (χ2v) is 8.72. The Morgan fingerprint density at radius 1 is 1.14 bits per heavy atom. The van der Waals surface area contributed by atoms with Crippen molar-refractivity contribution in [3.63, 3.8) is 0 Å². The van der Waals surface area contributed by atoms with Gasteiger partial charge < -0.3 is 5.73 Å². The zero-order chi connectivity index (χ0) is 19.8. The number of carbonyl (C=O) groups is 1. The summed E-state index contributed by atoms with van der Waals surface area (Å²) in [7, 11) is 0. The minimum Gasteiger partial charge on any atom is -0.364 e. The molecule has 0 radical (unpaired) electrons. The number of aliphatic imine (C=N–C) groups is 1. The molecule has 144 valence electrons. The number of fused-ring (bicyclic) bond motifs is 3. The van der Waals surface area contributed by atoms with Gasteiger partial charge >= 0.3 is 0 Å². The Bertz CT molecular complexity index is 1170. The van der Waals surface area contributed by atoms with Crippen LogP contribution in [-0.4, -0.2) is 21.2 Å². The van der Waals surface area contributed by atoms with Gasteiger partial charge in [-0.25, -0.2) is 4.98 Å². The molecule has 2 N–H and O–H groups in total. The first-order valence-corrected chi connectivity index (χ1v) is 10.2. The summed E-state index contributed by atoms with van der Waals surface area (Å²) >= 11 is 0. The molecule has 2 aromatic carbocycles. The molecule has 3 saturated carbocycles. The number of rotatable bonds is 3. The van der Waals surface area contributed by atoms with Crippen molar-refractivity contribution in [1.82, 2.24) is 9.55 Å². The molecular formula is C24H22N4O. The van der Waals surface area contributed by atoms with E-state index in [-0.39, 0.29) is 6.04 Å². The van der Waals surface area contributed by atoms with Gasteiger partial charge in [0.25, 0.3) is 5.91 Å². The molecule has 5 heteroatoms. The number of primary amides is 1. The lowest BCUT2D eigenvalue weighted by molar-refractivity contribution is -0.0274. The van der Waals surface area contributed by atoms with Crippen LogP contribution in [0.1, 0.15) is 65.1 Å². The fraction of sp³-hybridized carbons (Fsp3) is 0.292.